The summed E-state index contributed by atoms with van der Waals surface area (Å²) in [6.07, 6.45) is 6.91. The fraction of sp³-hybridized carbons (Fsp3) is 0.675. The van der Waals surface area contributed by atoms with Crippen LogP contribution in [0.3, 0.4) is 0 Å². The minimum absolute atomic E-state index is 0.102. The van der Waals surface area contributed by atoms with Crippen LogP contribution in [-0.2, 0) is 26.6 Å². The Hall–Kier alpha value is -2.41. The highest BCUT2D eigenvalue weighted by Crippen LogP contribution is 2.49. The molecule has 3 fully saturated rings. The number of rotatable bonds is 2. The molecule has 1 saturated carbocycles. The number of carbonyl (C=O) groups excluding carboxylic acids is 1. The van der Waals surface area contributed by atoms with Gasteiger partial charge in [-0.25, -0.2) is 13.1 Å². The van der Waals surface area contributed by atoms with Gasteiger partial charge >= 0.3 is 0 Å². The maximum absolute atomic E-state index is 13.6. The molecule has 4 aliphatic heterocycles. The minimum Gasteiger partial charge on any atom is -0.490 e. The van der Waals surface area contributed by atoms with Gasteiger partial charge < -0.3 is 19.5 Å². The summed E-state index contributed by atoms with van der Waals surface area (Å²) < 4.78 is 42.1. The van der Waals surface area contributed by atoms with Gasteiger partial charge in [0.2, 0.25) is 10.0 Å². The molecule has 8 rings (SSSR count). The first-order valence-corrected chi connectivity index (χ1v) is 21.5. The summed E-state index contributed by atoms with van der Waals surface area (Å²) in [5.41, 5.74) is 2.43. The van der Waals surface area contributed by atoms with E-state index in [9.17, 15) is 18.3 Å². The van der Waals surface area contributed by atoms with Crippen LogP contribution in [0.4, 0.5) is 5.69 Å². The number of morpholine rings is 1. The van der Waals surface area contributed by atoms with Crippen molar-refractivity contribution >= 4 is 33.2 Å². The van der Waals surface area contributed by atoms with Gasteiger partial charge in [-0.05, 0) is 111 Å². The van der Waals surface area contributed by atoms with Gasteiger partial charge in [-0.1, -0.05) is 31.0 Å². The maximum atomic E-state index is 13.6. The van der Waals surface area contributed by atoms with Gasteiger partial charge in [0.05, 0.1) is 36.4 Å². The van der Waals surface area contributed by atoms with Crippen LogP contribution in [0.25, 0.3) is 0 Å². The molecule has 1 unspecified atom stereocenters. The van der Waals surface area contributed by atoms with E-state index in [0.717, 1.165) is 88.8 Å². The van der Waals surface area contributed by atoms with E-state index >= 15 is 0 Å². The van der Waals surface area contributed by atoms with Crippen LogP contribution >= 0.6 is 11.6 Å². The van der Waals surface area contributed by atoms with Gasteiger partial charge in [-0.3, -0.25) is 14.6 Å². The molecule has 2 N–H and O–H groups in total. The monoisotopic (exact) mass is 754 g/mol. The number of aliphatic hydroxyl groups is 1. The summed E-state index contributed by atoms with van der Waals surface area (Å²) in [5.74, 6) is 0.236. The zero-order valence-corrected chi connectivity index (χ0v) is 32.3. The van der Waals surface area contributed by atoms with Crippen LogP contribution in [0.15, 0.2) is 36.4 Å². The van der Waals surface area contributed by atoms with E-state index in [1.54, 1.807) is 13.0 Å². The van der Waals surface area contributed by atoms with Crippen LogP contribution in [-0.4, -0.2) is 112 Å². The van der Waals surface area contributed by atoms with Gasteiger partial charge in [-0.15, -0.1) is 0 Å². The lowest BCUT2D eigenvalue weighted by molar-refractivity contribution is -0.120. The smallest absolute Gasteiger partial charge is 0.264 e. The van der Waals surface area contributed by atoms with Crippen LogP contribution < -0.4 is 14.4 Å². The number of carbonyl (C=O) groups is 1. The summed E-state index contributed by atoms with van der Waals surface area (Å²) >= 11 is 6.49. The van der Waals surface area contributed by atoms with E-state index < -0.39 is 26.8 Å². The molecule has 12 heteroatoms. The standard InChI is InChI=1S/C40H55ClN4O6S/c1-27-5-3-14-40(47,25-43-15-16-44-17-18-50-23-33(44)22-43)35-10-7-31(35)21-45-24-39(13-4-6-29-19-32(41)9-11-34(29)39)26-51-37-12-8-30(20-36(37)45)38(46)42-52(48,49)28(27)2/h8-9,11-12,19-20,27-28,31,33,35,47H,3-7,10,13-18,21-26H2,1-2H3,(H,42,46)/t27-,28+,31-,33-,35+,39-,40?/m0/s1. The van der Waals surface area contributed by atoms with Gasteiger partial charge in [0.15, 0.2) is 0 Å². The van der Waals surface area contributed by atoms with Gasteiger partial charge in [0.25, 0.3) is 5.91 Å². The number of amides is 1. The molecule has 2 aromatic carbocycles. The number of fused-ring (bicyclic) bond motifs is 5. The number of sulfonamides is 1. The first kappa shape index (κ1) is 36.6. The fourth-order valence-corrected chi connectivity index (χ4v) is 11.8. The number of aryl methyl sites for hydroxylation is 1. The van der Waals surface area contributed by atoms with Crippen LogP contribution in [0.5, 0.6) is 5.75 Å². The average Bonchev–Trinajstić information content (AvgIpc) is 3.25. The highest BCUT2D eigenvalue weighted by molar-refractivity contribution is 7.90. The number of ether oxygens (including phenoxy) is 2. The summed E-state index contributed by atoms with van der Waals surface area (Å²) in [5, 5.41) is 12.9. The average molecular weight is 755 g/mol. The van der Waals surface area contributed by atoms with Gasteiger partial charge in [-0.2, -0.15) is 0 Å². The minimum atomic E-state index is -3.95. The largest absolute Gasteiger partial charge is 0.490 e. The molecule has 2 aromatic rings. The Kier molecular flexibility index (Phi) is 10.1. The van der Waals surface area contributed by atoms with Crippen molar-refractivity contribution < 1.29 is 27.8 Å². The Balaban J connectivity index is 1.16. The highest BCUT2D eigenvalue weighted by Gasteiger charge is 2.50. The molecule has 2 saturated heterocycles. The second kappa shape index (κ2) is 14.3. The molecule has 2 bridgehead atoms. The van der Waals surface area contributed by atoms with Gasteiger partial charge in [0, 0.05) is 67.9 Å². The summed E-state index contributed by atoms with van der Waals surface area (Å²) in [7, 11) is -3.95. The van der Waals surface area contributed by atoms with Crippen LogP contribution in [0.2, 0.25) is 5.02 Å². The molecule has 7 atom stereocenters. The van der Waals surface area contributed by atoms with Crippen molar-refractivity contribution in [2.75, 3.05) is 70.5 Å². The lowest BCUT2D eigenvalue weighted by Gasteiger charge is -2.53. The normalized spacial score (nSPS) is 35.6. The highest BCUT2D eigenvalue weighted by atomic mass is 35.5. The third-order valence-corrected chi connectivity index (χ3v) is 15.8. The Morgan fingerprint density at radius 2 is 1.88 bits per heavy atom. The maximum Gasteiger partial charge on any atom is 0.264 e. The molecular weight excluding hydrogens is 700 g/mol. The molecule has 2 aliphatic carbocycles. The molecule has 4 heterocycles. The molecule has 6 aliphatic rings. The molecule has 0 aromatic heterocycles. The third kappa shape index (κ3) is 6.99. The molecule has 1 spiro atoms. The molecular formula is C40H55ClN4O6S. The number of piperazine rings is 1. The number of anilines is 1. The van der Waals surface area contributed by atoms with Crippen molar-refractivity contribution in [1.82, 2.24) is 14.5 Å². The van der Waals surface area contributed by atoms with Gasteiger partial charge in [0.1, 0.15) is 5.75 Å². The zero-order chi connectivity index (χ0) is 36.3. The lowest BCUT2D eigenvalue weighted by atomic mass is 9.62. The van der Waals surface area contributed by atoms with E-state index in [1.807, 2.05) is 25.1 Å². The summed E-state index contributed by atoms with van der Waals surface area (Å²) in [4.78, 5) is 21.0. The quantitative estimate of drug-likeness (QED) is 0.445. The molecule has 1 amide bonds. The van der Waals surface area contributed by atoms with E-state index in [2.05, 4.69) is 31.6 Å². The molecule has 10 nitrogen and oxygen atoms in total. The second-order valence-electron chi connectivity index (χ2n) is 16.9. The van der Waals surface area contributed by atoms with Crippen molar-refractivity contribution in [2.45, 2.75) is 87.5 Å². The first-order valence-electron chi connectivity index (χ1n) is 19.6. The number of β-amino-alcohol motifs (C(OH)–C–C–N with tert-alkyl or cyclic N) is 1. The number of hydrogen-bond acceptors (Lipinski definition) is 9. The van der Waals surface area contributed by atoms with E-state index in [4.69, 9.17) is 21.1 Å². The predicted molar refractivity (Wildman–Crippen MR) is 203 cm³/mol. The number of hydrogen-bond donors (Lipinski definition) is 2. The van der Waals surface area contributed by atoms with Crippen molar-refractivity contribution in [3.05, 3.63) is 58.1 Å². The van der Waals surface area contributed by atoms with E-state index in [-0.39, 0.29) is 23.2 Å². The van der Waals surface area contributed by atoms with Crippen LogP contribution in [0, 0.1) is 17.8 Å². The third-order valence-electron chi connectivity index (χ3n) is 13.7. The predicted octanol–water partition coefficient (Wildman–Crippen LogP) is 4.85. The zero-order valence-electron chi connectivity index (χ0n) is 30.7. The molecule has 52 heavy (non-hydrogen) atoms. The second-order valence-corrected chi connectivity index (χ2v) is 19.4. The van der Waals surface area contributed by atoms with E-state index in [0.29, 0.717) is 56.3 Å². The van der Waals surface area contributed by atoms with Crippen molar-refractivity contribution in [3.8, 4) is 5.75 Å². The van der Waals surface area contributed by atoms with Crippen molar-refractivity contribution in [1.29, 1.82) is 0 Å². The van der Waals surface area contributed by atoms with Crippen molar-refractivity contribution in [2.24, 2.45) is 17.8 Å². The Morgan fingerprint density at radius 1 is 1.02 bits per heavy atom. The summed E-state index contributed by atoms with van der Waals surface area (Å²) in [6, 6.07) is 11.9. The lowest BCUT2D eigenvalue weighted by Crippen LogP contribution is -2.62. The Morgan fingerprint density at radius 3 is 2.71 bits per heavy atom. The Labute approximate surface area is 314 Å². The number of nitrogens with one attached hydrogen (secondary N) is 1. The van der Waals surface area contributed by atoms with Crippen LogP contribution in [0.1, 0.15) is 80.3 Å². The SMILES string of the molecule is C[C@@H]1[C@@H](C)CCCC(O)(CN2CCN3CCOC[C@@H]3C2)[C@@H]2CC[C@H]2CN2C[C@@]3(CCCc4cc(Cl)ccc43)COc3ccc(cc32)C(=O)NS1(=O)=O. The molecule has 0 radical (unpaired) electrons. The van der Waals surface area contributed by atoms with Crippen molar-refractivity contribution in [3.63, 3.8) is 0 Å². The number of benzene rings is 2. The fourth-order valence-electron chi connectivity index (χ4n) is 10.3. The number of halogens is 1. The Bertz CT molecular complexity index is 1780. The number of nitrogens with zero attached hydrogens (tertiary/aromatic N) is 3. The topological polar surface area (TPSA) is 112 Å². The molecule has 284 valence electrons. The van der Waals surface area contributed by atoms with E-state index in [1.165, 1.54) is 11.1 Å². The first-order chi connectivity index (χ1) is 24.9. The summed E-state index contributed by atoms with van der Waals surface area (Å²) in [6.45, 7) is 11.4.